The van der Waals surface area contributed by atoms with E-state index in [1.54, 1.807) is 13.2 Å². The Bertz CT molecular complexity index is 2130. The van der Waals surface area contributed by atoms with Crippen LogP contribution in [0, 0.1) is 18.3 Å². The lowest BCUT2D eigenvalue weighted by atomic mass is 9.91. The highest BCUT2D eigenvalue weighted by Gasteiger charge is 2.61. The summed E-state index contributed by atoms with van der Waals surface area (Å²) in [6, 6.07) is 4.90. The zero-order chi connectivity index (χ0) is 39.8. The summed E-state index contributed by atoms with van der Waals surface area (Å²) in [5, 5.41) is 9.46. The molecule has 15 nitrogen and oxygen atoms in total. The Labute approximate surface area is 326 Å². The lowest BCUT2D eigenvalue weighted by molar-refractivity contribution is -0.140. The molecule has 0 unspecified atom stereocenters. The number of methoxy groups -OCH3 is 1. The van der Waals surface area contributed by atoms with Crippen LogP contribution in [0.15, 0.2) is 42.6 Å². The molecule has 3 amide bonds. The van der Waals surface area contributed by atoms with Crippen LogP contribution >= 0.6 is 0 Å². The van der Waals surface area contributed by atoms with Crippen LogP contribution in [0.4, 0.5) is 0 Å². The highest BCUT2D eigenvalue weighted by molar-refractivity contribution is 7.90. The number of ether oxygens (including phenoxy) is 3. The molecule has 1 aromatic carbocycles. The van der Waals surface area contributed by atoms with Gasteiger partial charge in [-0.1, -0.05) is 25.0 Å². The van der Waals surface area contributed by atoms with E-state index in [-0.39, 0.29) is 42.9 Å². The number of fused-ring (bicyclic) bond motifs is 3. The predicted octanol–water partition coefficient (Wildman–Crippen LogP) is 4.30. The third-order valence-electron chi connectivity index (χ3n) is 11.3. The van der Waals surface area contributed by atoms with Crippen molar-refractivity contribution in [3.63, 3.8) is 0 Å². The molecule has 16 heteroatoms. The van der Waals surface area contributed by atoms with Gasteiger partial charge in [0.1, 0.15) is 29.3 Å². The van der Waals surface area contributed by atoms with Crippen molar-refractivity contribution in [1.82, 2.24) is 30.1 Å². The first kappa shape index (κ1) is 39.3. The second-order valence-electron chi connectivity index (χ2n) is 15.7. The zero-order valence-electron chi connectivity index (χ0n) is 32.2. The second-order valence-corrected chi connectivity index (χ2v) is 17.7. The van der Waals surface area contributed by atoms with Crippen molar-refractivity contribution in [2.75, 3.05) is 13.7 Å². The van der Waals surface area contributed by atoms with Crippen LogP contribution in [0.3, 0.4) is 0 Å². The molecule has 3 fully saturated rings. The third kappa shape index (κ3) is 8.25. The van der Waals surface area contributed by atoms with Gasteiger partial charge in [-0.05, 0) is 83.4 Å². The van der Waals surface area contributed by atoms with Crippen molar-refractivity contribution in [1.29, 1.82) is 0 Å². The average molecular weight is 791 g/mol. The Morgan fingerprint density at radius 1 is 1.07 bits per heavy atom. The van der Waals surface area contributed by atoms with E-state index < -0.39 is 56.6 Å². The largest absolute Gasteiger partial charge is 0.496 e. The number of sulfonamides is 1. The number of hydrogen-bond donors (Lipinski definition) is 3. The van der Waals surface area contributed by atoms with Crippen LogP contribution < -0.4 is 24.2 Å². The molecular formula is C40H50N6O9S. The maximum atomic E-state index is 14.7. The number of nitrogens with one attached hydrogen (secondary N) is 3. The SMILES string of the molecule is COc1ccc2c(O[C@@H]3C[C@H]4C(=O)C[C@]5(C(=O)NS(=O)(=O)C6CC6)C[C@@H]5/C=C\CCCCC[C@H](NC(=O)c5ccn[nH]5)C(=O)N4C3)cc(OC(C)C)nc2c1C. The minimum Gasteiger partial charge on any atom is -0.496 e. The summed E-state index contributed by atoms with van der Waals surface area (Å²) >= 11 is 0. The molecule has 7 rings (SSSR count). The number of allylic oxidation sites excluding steroid dienone is 2. The van der Waals surface area contributed by atoms with Gasteiger partial charge in [-0.25, -0.2) is 13.4 Å². The van der Waals surface area contributed by atoms with E-state index in [0.29, 0.717) is 60.4 Å². The molecule has 56 heavy (non-hydrogen) atoms. The summed E-state index contributed by atoms with van der Waals surface area (Å²) in [5.41, 5.74) is 0.322. The number of aryl methyl sites for hydroxylation is 1. The van der Waals surface area contributed by atoms with Crippen molar-refractivity contribution in [3.8, 4) is 17.4 Å². The monoisotopic (exact) mass is 790 g/mol. The van der Waals surface area contributed by atoms with Crippen molar-refractivity contribution >= 4 is 44.4 Å². The Morgan fingerprint density at radius 2 is 1.88 bits per heavy atom. The van der Waals surface area contributed by atoms with Crippen LogP contribution in [0.2, 0.25) is 0 Å². The molecule has 300 valence electrons. The van der Waals surface area contributed by atoms with Crippen LogP contribution in [0.5, 0.6) is 17.4 Å². The molecule has 0 bridgehead atoms. The highest BCUT2D eigenvalue weighted by atomic mass is 32.2. The second kappa shape index (κ2) is 15.9. The Hall–Kier alpha value is -4.99. The molecule has 4 aliphatic rings. The first-order valence-corrected chi connectivity index (χ1v) is 21.0. The molecule has 3 aromatic rings. The first-order valence-electron chi connectivity index (χ1n) is 19.5. The molecule has 0 spiro atoms. The standard InChI is InChI=1S/C40H50N6O9S/c1-23(2)54-35-19-34(28-14-15-33(53-4)24(3)36(28)43-35)55-26-18-31-32(47)21-40(39(50)45-56(51,52)27-12-13-27)20-25(40)10-8-6-5-7-9-11-30(38(49)46(31)22-26)42-37(48)29-16-17-41-44-29/h8,10,14-17,19,23,25-27,30-31H,5-7,9,11-13,18,20-22H2,1-4H3,(H,41,44)(H,42,48)(H,45,50)/b10-8-/t25-,26+,30-,31-,40+/m0/s1. The van der Waals surface area contributed by atoms with Gasteiger partial charge in [-0.15, -0.1) is 0 Å². The van der Waals surface area contributed by atoms with Crippen molar-refractivity contribution < 1.29 is 41.8 Å². The molecule has 2 aromatic heterocycles. The quantitative estimate of drug-likeness (QED) is 0.248. The van der Waals surface area contributed by atoms with Crippen LogP contribution in [0.25, 0.3) is 10.9 Å². The lowest BCUT2D eigenvalue weighted by Gasteiger charge is -2.29. The summed E-state index contributed by atoms with van der Waals surface area (Å²) in [4.78, 5) is 62.6. The number of H-pyrrole nitrogens is 1. The maximum absolute atomic E-state index is 14.7. The topological polar surface area (TPSA) is 199 Å². The molecule has 1 saturated heterocycles. The molecule has 2 aliphatic carbocycles. The van der Waals surface area contributed by atoms with Gasteiger partial charge in [-0.3, -0.25) is 29.0 Å². The van der Waals surface area contributed by atoms with Crippen molar-refractivity contribution in [2.24, 2.45) is 11.3 Å². The molecule has 0 radical (unpaired) electrons. The van der Waals surface area contributed by atoms with E-state index >= 15 is 0 Å². The molecule has 2 aliphatic heterocycles. The van der Waals surface area contributed by atoms with E-state index in [1.165, 1.54) is 17.2 Å². The van der Waals surface area contributed by atoms with Gasteiger partial charge < -0.3 is 24.4 Å². The van der Waals surface area contributed by atoms with E-state index in [0.717, 1.165) is 24.8 Å². The molecule has 3 N–H and O–H groups in total. The summed E-state index contributed by atoms with van der Waals surface area (Å²) in [6.45, 7) is 5.69. The van der Waals surface area contributed by atoms with Crippen LogP contribution in [-0.2, 0) is 24.4 Å². The highest BCUT2D eigenvalue weighted by Crippen LogP contribution is 2.57. The number of nitrogens with zero attached hydrogens (tertiary/aromatic N) is 3. The zero-order valence-corrected chi connectivity index (χ0v) is 33.0. The van der Waals surface area contributed by atoms with Gasteiger partial charge in [0, 0.05) is 36.1 Å². The number of hydrogen-bond acceptors (Lipinski definition) is 11. The van der Waals surface area contributed by atoms with Crippen LogP contribution in [0.1, 0.15) is 94.1 Å². The summed E-state index contributed by atoms with van der Waals surface area (Å²) in [6.07, 6.45) is 8.91. The summed E-state index contributed by atoms with van der Waals surface area (Å²) in [5.74, 6) is -0.913. The number of benzene rings is 1. The minimum absolute atomic E-state index is 0.0174. The minimum atomic E-state index is -3.86. The van der Waals surface area contributed by atoms with Crippen LogP contribution in [-0.4, -0.2) is 95.2 Å². The van der Waals surface area contributed by atoms with Crippen molar-refractivity contribution in [3.05, 3.63) is 53.9 Å². The van der Waals surface area contributed by atoms with Gasteiger partial charge in [0.05, 0.1) is 42.0 Å². The number of aromatic amines is 1. The number of carbonyl (C=O) groups is 4. The number of amides is 3. The van der Waals surface area contributed by atoms with E-state index in [4.69, 9.17) is 19.2 Å². The fourth-order valence-electron chi connectivity index (χ4n) is 7.96. The molecule has 5 atom stereocenters. The number of ketones is 1. The molecular weight excluding hydrogens is 741 g/mol. The number of pyridine rings is 1. The molecule has 2 saturated carbocycles. The van der Waals surface area contributed by atoms with Gasteiger partial charge in [-0.2, -0.15) is 5.10 Å². The average Bonchev–Trinajstić information content (AvgIpc) is 4.01. The fraction of sp³-hybridized carbons (Fsp3) is 0.550. The fourth-order valence-corrected chi connectivity index (χ4v) is 9.35. The van der Waals surface area contributed by atoms with E-state index in [1.807, 2.05) is 45.1 Å². The predicted molar refractivity (Wildman–Crippen MR) is 206 cm³/mol. The van der Waals surface area contributed by atoms with Gasteiger partial charge in [0.15, 0.2) is 5.78 Å². The van der Waals surface area contributed by atoms with Crippen molar-refractivity contribution in [2.45, 2.75) is 115 Å². The number of aromatic nitrogens is 3. The Balaban J connectivity index is 1.23. The molecule has 4 heterocycles. The summed E-state index contributed by atoms with van der Waals surface area (Å²) in [7, 11) is -2.28. The Morgan fingerprint density at radius 3 is 2.59 bits per heavy atom. The number of carbonyl (C=O) groups excluding carboxylic acids is 4. The van der Waals surface area contributed by atoms with E-state index in [9.17, 15) is 27.6 Å². The summed E-state index contributed by atoms with van der Waals surface area (Å²) < 4.78 is 46.3. The smallest absolute Gasteiger partial charge is 0.269 e. The Kier molecular flexibility index (Phi) is 11.1. The van der Waals surface area contributed by atoms with Gasteiger partial charge >= 0.3 is 0 Å². The lowest BCUT2D eigenvalue weighted by Crippen LogP contribution is -2.52. The number of rotatable bonds is 10. The third-order valence-corrected chi connectivity index (χ3v) is 13.1. The van der Waals surface area contributed by atoms with E-state index in [2.05, 4.69) is 20.2 Å². The van der Waals surface area contributed by atoms with Gasteiger partial charge in [0.25, 0.3) is 5.91 Å². The normalized spacial score (nSPS) is 26.4. The maximum Gasteiger partial charge on any atom is 0.269 e. The number of Topliss-reactive ketones (excluding diaryl/α,β-unsaturated/α-hetero) is 1. The first-order chi connectivity index (χ1) is 26.8. The van der Waals surface area contributed by atoms with Gasteiger partial charge in [0.2, 0.25) is 27.7 Å².